The van der Waals surface area contributed by atoms with Gasteiger partial charge in [-0.15, -0.1) is 0 Å². The maximum absolute atomic E-state index is 12.4. The SMILES string of the molecule is Cc1ccnc(Cn2c(-c3ccc(OCC(=O)N4CC[C@@H](O)C4)cc3Cl)nc3c(OC4(C)CC4)ncnc32)c1. The predicted octanol–water partition coefficient (Wildman–Crippen LogP) is 3.80. The third-order valence-electron chi connectivity index (χ3n) is 7.15. The number of β-amino-alcohol motifs (C(OH)–C–C–N with tert-alkyl or cyclic N) is 1. The fraction of sp³-hybridized carbons (Fsp3) is 0.393. The quantitative estimate of drug-likeness (QED) is 0.353. The number of likely N-dealkylation sites (tertiary alicyclic amines) is 1. The lowest BCUT2D eigenvalue weighted by Gasteiger charge is -2.16. The lowest BCUT2D eigenvalue weighted by molar-refractivity contribution is -0.132. The van der Waals surface area contributed by atoms with Crippen LogP contribution in [0.2, 0.25) is 5.02 Å². The van der Waals surface area contributed by atoms with Crippen LogP contribution in [0.1, 0.15) is 37.4 Å². The van der Waals surface area contributed by atoms with E-state index in [9.17, 15) is 9.90 Å². The summed E-state index contributed by atoms with van der Waals surface area (Å²) in [5, 5.41) is 10.1. The van der Waals surface area contributed by atoms with E-state index in [1.54, 1.807) is 23.2 Å². The van der Waals surface area contributed by atoms with Gasteiger partial charge in [0.15, 0.2) is 17.8 Å². The number of rotatable bonds is 8. The van der Waals surface area contributed by atoms with E-state index in [1.807, 2.05) is 29.7 Å². The van der Waals surface area contributed by atoms with Crippen LogP contribution in [0.3, 0.4) is 0 Å². The molecular weight excluding hydrogens is 520 g/mol. The van der Waals surface area contributed by atoms with Crippen LogP contribution in [0.15, 0.2) is 42.9 Å². The van der Waals surface area contributed by atoms with Crippen molar-refractivity contribution in [1.82, 2.24) is 29.4 Å². The Morgan fingerprint density at radius 1 is 1.21 bits per heavy atom. The van der Waals surface area contributed by atoms with Gasteiger partial charge in [0.25, 0.3) is 5.91 Å². The molecule has 1 atom stereocenters. The van der Waals surface area contributed by atoms with Gasteiger partial charge in [0.05, 0.1) is 23.4 Å². The topological polar surface area (TPSA) is 115 Å². The molecule has 4 aromatic rings. The molecule has 3 aromatic heterocycles. The second kappa shape index (κ2) is 10.1. The molecule has 1 N–H and O–H groups in total. The van der Waals surface area contributed by atoms with Crippen LogP contribution in [-0.4, -0.2) is 71.8 Å². The molecule has 2 aliphatic rings. The van der Waals surface area contributed by atoms with Crippen molar-refractivity contribution >= 4 is 28.7 Å². The molecule has 202 valence electrons. The van der Waals surface area contributed by atoms with Crippen molar-refractivity contribution < 1.29 is 19.4 Å². The van der Waals surface area contributed by atoms with Crippen LogP contribution < -0.4 is 9.47 Å². The van der Waals surface area contributed by atoms with E-state index in [2.05, 4.69) is 21.9 Å². The minimum atomic E-state index is -0.473. The number of nitrogens with zero attached hydrogens (tertiary/aromatic N) is 6. The molecule has 0 bridgehead atoms. The molecule has 6 rings (SSSR count). The maximum Gasteiger partial charge on any atom is 0.260 e. The van der Waals surface area contributed by atoms with E-state index >= 15 is 0 Å². The van der Waals surface area contributed by atoms with Gasteiger partial charge in [0.2, 0.25) is 5.88 Å². The van der Waals surface area contributed by atoms with Crippen LogP contribution in [0.5, 0.6) is 11.6 Å². The number of fused-ring (bicyclic) bond motifs is 1. The number of pyridine rings is 1. The summed E-state index contributed by atoms with van der Waals surface area (Å²) in [6.07, 6.45) is 5.32. The minimum Gasteiger partial charge on any atom is -0.484 e. The summed E-state index contributed by atoms with van der Waals surface area (Å²) < 4.78 is 13.9. The number of hydrogen-bond donors (Lipinski definition) is 1. The minimum absolute atomic E-state index is 0.130. The molecule has 0 spiro atoms. The van der Waals surface area contributed by atoms with Crippen LogP contribution >= 0.6 is 11.6 Å². The monoisotopic (exact) mass is 548 g/mol. The summed E-state index contributed by atoms with van der Waals surface area (Å²) in [5.41, 5.74) is 3.58. The highest BCUT2D eigenvalue weighted by atomic mass is 35.5. The van der Waals surface area contributed by atoms with Gasteiger partial charge < -0.3 is 24.0 Å². The summed E-state index contributed by atoms with van der Waals surface area (Å²) in [6, 6.07) is 9.23. The molecule has 1 aliphatic heterocycles. The van der Waals surface area contributed by atoms with Crippen molar-refractivity contribution in [3.05, 3.63) is 59.1 Å². The van der Waals surface area contributed by atoms with Crippen LogP contribution in [-0.2, 0) is 11.3 Å². The van der Waals surface area contributed by atoms with E-state index in [4.69, 9.17) is 26.1 Å². The molecule has 2 fully saturated rings. The maximum atomic E-state index is 12.4. The predicted molar refractivity (Wildman–Crippen MR) is 145 cm³/mol. The van der Waals surface area contributed by atoms with E-state index in [1.165, 1.54) is 6.33 Å². The Morgan fingerprint density at radius 2 is 2.05 bits per heavy atom. The molecule has 1 saturated heterocycles. The highest BCUT2D eigenvalue weighted by Crippen LogP contribution is 2.41. The lowest BCUT2D eigenvalue weighted by atomic mass is 10.2. The van der Waals surface area contributed by atoms with Crippen LogP contribution in [0.4, 0.5) is 0 Å². The molecule has 0 unspecified atom stereocenters. The first-order valence-corrected chi connectivity index (χ1v) is 13.4. The number of carbonyl (C=O) groups is 1. The number of aryl methyl sites for hydroxylation is 1. The molecular formula is C28H29ClN6O4. The highest BCUT2D eigenvalue weighted by molar-refractivity contribution is 6.33. The van der Waals surface area contributed by atoms with E-state index in [0.29, 0.717) is 65.3 Å². The summed E-state index contributed by atoms with van der Waals surface area (Å²) in [5.74, 6) is 1.33. The van der Waals surface area contributed by atoms with Crippen molar-refractivity contribution in [2.24, 2.45) is 0 Å². The van der Waals surface area contributed by atoms with Gasteiger partial charge >= 0.3 is 0 Å². The second-order valence-electron chi connectivity index (χ2n) is 10.5. The summed E-state index contributed by atoms with van der Waals surface area (Å²) >= 11 is 6.76. The Bertz CT molecular complexity index is 1550. The van der Waals surface area contributed by atoms with E-state index in [0.717, 1.165) is 24.1 Å². The zero-order chi connectivity index (χ0) is 27.1. The first-order valence-electron chi connectivity index (χ1n) is 13.0. The second-order valence-corrected chi connectivity index (χ2v) is 10.9. The molecule has 10 nitrogen and oxygen atoms in total. The van der Waals surface area contributed by atoms with Gasteiger partial charge in [0, 0.05) is 24.8 Å². The molecule has 1 saturated carbocycles. The molecule has 4 heterocycles. The largest absolute Gasteiger partial charge is 0.484 e. The first-order chi connectivity index (χ1) is 18.8. The van der Waals surface area contributed by atoms with Crippen LogP contribution in [0.25, 0.3) is 22.6 Å². The molecule has 39 heavy (non-hydrogen) atoms. The van der Waals surface area contributed by atoms with Gasteiger partial charge in [0.1, 0.15) is 23.5 Å². The first kappa shape index (κ1) is 25.5. The van der Waals surface area contributed by atoms with Crippen molar-refractivity contribution in [1.29, 1.82) is 0 Å². The number of amides is 1. The average Bonchev–Trinajstić information content (AvgIpc) is 3.29. The van der Waals surface area contributed by atoms with Gasteiger partial charge in [-0.3, -0.25) is 9.78 Å². The van der Waals surface area contributed by atoms with E-state index in [-0.39, 0.29) is 18.1 Å². The van der Waals surface area contributed by atoms with Crippen LogP contribution in [0, 0.1) is 6.92 Å². The van der Waals surface area contributed by atoms with Gasteiger partial charge in [-0.2, -0.15) is 4.98 Å². The Hall–Kier alpha value is -3.76. The zero-order valence-electron chi connectivity index (χ0n) is 21.8. The van der Waals surface area contributed by atoms with Gasteiger partial charge in [-0.1, -0.05) is 11.6 Å². The number of aliphatic hydroxyl groups is 1. The number of halogens is 1. The third-order valence-corrected chi connectivity index (χ3v) is 7.46. The number of hydrogen-bond acceptors (Lipinski definition) is 8. The Balaban J connectivity index is 1.33. The lowest BCUT2D eigenvalue weighted by Crippen LogP contribution is -2.33. The Morgan fingerprint density at radius 3 is 2.77 bits per heavy atom. The molecule has 1 aromatic carbocycles. The summed E-state index contributed by atoms with van der Waals surface area (Å²) in [6.45, 7) is 5.24. The Kier molecular flexibility index (Phi) is 6.60. The van der Waals surface area contributed by atoms with E-state index < -0.39 is 6.10 Å². The molecule has 0 radical (unpaired) electrons. The molecule has 1 amide bonds. The van der Waals surface area contributed by atoms with Crippen molar-refractivity contribution in [2.45, 2.75) is 51.4 Å². The number of ether oxygens (including phenoxy) is 2. The summed E-state index contributed by atoms with van der Waals surface area (Å²) in [7, 11) is 0. The van der Waals surface area contributed by atoms with Gasteiger partial charge in [-0.05, 0) is 69.0 Å². The normalized spacial score (nSPS) is 17.9. The molecule has 11 heteroatoms. The van der Waals surface area contributed by atoms with Gasteiger partial charge in [-0.25, -0.2) is 9.97 Å². The van der Waals surface area contributed by atoms with Crippen molar-refractivity contribution in [3.8, 4) is 23.0 Å². The summed E-state index contributed by atoms with van der Waals surface area (Å²) in [4.78, 5) is 32.4. The Labute approximate surface area is 230 Å². The number of imidazole rings is 1. The fourth-order valence-electron chi connectivity index (χ4n) is 4.68. The standard InChI is InChI=1S/C28H29ClN6O4/c1-17-5-9-30-18(11-17)13-35-25(33-24-26(35)31-16-32-27(24)39-28(2)7-8-28)21-4-3-20(12-22(21)29)38-15-23(37)34-10-6-19(36)14-34/h3-5,9,11-12,16,19,36H,6-8,10,13-15H2,1-2H3/t19-/m1/s1. The zero-order valence-corrected chi connectivity index (χ0v) is 22.6. The smallest absolute Gasteiger partial charge is 0.260 e. The number of aromatic nitrogens is 5. The van der Waals surface area contributed by atoms with Crippen molar-refractivity contribution in [2.75, 3.05) is 19.7 Å². The third kappa shape index (κ3) is 5.39. The number of carbonyl (C=O) groups excluding carboxylic acids is 1. The number of benzene rings is 1. The highest BCUT2D eigenvalue weighted by Gasteiger charge is 2.41. The average molecular weight is 549 g/mol. The molecule has 1 aliphatic carbocycles. The van der Waals surface area contributed by atoms with Crippen molar-refractivity contribution in [3.63, 3.8) is 0 Å². The fourth-order valence-corrected chi connectivity index (χ4v) is 4.93. The number of aliphatic hydroxyl groups excluding tert-OH is 1.